The Morgan fingerprint density at radius 2 is 0.733 bits per heavy atom. The van der Waals surface area contributed by atoms with Crippen LogP contribution in [0, 0.1) is 0 Å². The van der Waals surface area contributed by atoms with Gasteiger partial charge in [-0.3, -0.25) is 0 Å². The van der Waals surface area contributed by atoms with Gasteiger partial charge in [-0.15, -0.1) is 0 Å². The molecule has 2 nitrogen and oxygen atoms in total. The molecule has 15 heavy (non-hydrogen) atoms. The van der Waals surface area contributed by atoms with Gasteiger partial charge in [0.2, 0.25) is 0 Å². The second kappa shape index (κ2) is 6.34. The van der Waals surface area contributed by atoms with Crippen molar-refractivity contribution in [1.82, 2.24) is 0 Å². The van der Waals surface area contributed by atoms with E-state index < -0.39 is 25.0 Å². The zero-order chi connectivity index (χ0) is 12.9. The van der Waals surface area contributed by atoms with Gasteiger partial charge in [-0.25, -0.2) is 0 Å². The van der Waals surface area contributed by atoms with E-state index in [2.05, 4.69) is 58.9 Å². The molecule has 0 spiro atoms. The van der Waals surface area contributed by atoms with Crippen molar-refractivity contribution in [3.05, 3.63) is 0 Å². The van der Waals surface area contributed by atoms with E-state index in [9.17, 15) is 0 Å². The largest absolute Gasteiger partial charge is 0.456 e. The number of hydrogen-bond donors (Lipinski definition) is 0. The van der Waals surface area contributed by atoms with Gasteiger partial charge in [0.1, 0.15) is 0 Å². The molecular weight excluding hydrogens is 236 g/mol. The van der Waals surface area contributed by atoms with E-state index >= 15 is 0 Å². The van der Waals surface area contributed by atoms with Gasteiger partial charge < -0.3 is 8.54 Å². The molecule has 0 saturated carbocycles. The Morgan fingerprint density at radius 1 is 0.533 bits per heavy atom. The minimum atomic E-state index is -1.23. The first kappa shape index (κ1) is 17.9. The summed E-state index contributed by atoms with van der Waals surface area (Å²) in [6.07, 6.45) is 0. The zero-order valence-corrected chi connectivity index (χ0v) is 15.3. The third kappa shape index (κ3) is 25.1. The van der Waals surface area contributed by atoms with Gasteiger partial charge in [0.25, 0.3) is 0 Å². The minimum Gasteiger partial charge on any atom is -0.456 e. The molecule has 0 rings (SSSR count). The van der Waals surface area contributed by atoms with Crippen LogP contribution in [-0.2, 0) is 8.54 Å². The zero-order valence-electron chi connectivity index (χ0n) is 12.3. The lowest BCUT2D eigenvalue weighted by Crippen LogP contribution is -2.39. The number of rotatable bonds is 3. The van der Waals surface area contributed by atoms with Crippen LogP contribution in [-0.4, -0.2) is 32.1 Å². The second-order valence-corrected chi connectivity index (χ2v) is 20.5. The summed E-state index contributed by atoms with van der Waals surface area (Å²) < 4.78 is 11.0. The molecule has 0 aliphatic rings. The highest BCUT2D eigenvalue weighted by Gasteiger charge is 2.24. The van der Waals surface area contributed by atoms with Crippen molar-refractivity contribution in [2.75, 3.05) is 7.11 Å². The highest BCUT2D eigenvalue weighted by atomic mass is 28.4. The number of hydrogen-bond acceptors (Lipinski definition) is 2. The van der Waals surface area contributed by atoms with Crippen molar-refractivity contribution in [3.63, 3.8) is 0 Å². The molecule has 0 amide bonds. The molecule has 0 atom stereocenters. The molecule has 0 aromatic heterocycles. The fourth-order valence-corrected chi connectivity index (χ4v) is 8.27. The van der Waals surface area contributed by atoms with Crippen LogP contribution in [0.4, 0.5) is 0 Å². The van der Waals surface area contributed by atoms with Crippen molar-refractivity contribution in [3.8, 4) is 0 Å². The molecule has 0 aliphatic carbocycles. The third-order valence-corrected chi connectivity index (χ3v) is 7.35. The lowest BCUT2D eigenvalue weighted by Gasteiger charge is -2.27. The van der Waals surface area contributed by atoms with Crippen molar-refractivity contribution < 1.29 is 8.54 Å². The van der Waals surface area contributed by atoms with Crippen molar-refractivity contribution in [2.45, 2.75) is 58.9 Å². The lowest BCUT2D eigenvalue weighted by atomic mass is 11.8. The molecule has 0 heterocycles. The highest BCUT2D eigenvalue weighted by Crippen LogP contribution is 2.12. The lowest BCUT2D eigenvalue weighted by molar-refractivity contribution is 0.411. The van der Waals surface area contributed by atoms with Crippen molar-refractivity contribution >= 4 is 25.0 Å². The summed E-state index contributed by atoms with van der Waals surface area (Å²) in [6, 6.07) is 0. The van der Waals surface area contributed by atoms with Crippen LogP contribution in [0.5, 0.6) is 0 Å². The normalized spacial score (nSPS) is 13.2. The molecule has 94 valence electrons. The molecule has 0 saturated heterocycles. The van der Waals surface area contributed by atoms with Crippen LogP contribution in [0.3, 0.4) is 0 Å². The second-order valence-electron chi connectivity index (χ2n) is 6.64. The van der Waals surface area contributed by atoms with Gasteiger partial charge in [0.05, 0.1) is 0 Å². The van der Waals surface area contributed by atoms with E-state index in [1.807, 2.05) is 0 Å². The van der Waals surface area contributed by atoms with Gasteiger partial charge in [0.15, 0.2) is 25.0 Å². The van der Waals surface area contributed by atoms with E-state index in [0.717, 1.165) is 0 Å². The fraction of sp³-hybridized carbons (Fsp3) is 1.00. The van der Waals surface area contributed by atoms with Gasteiger partial charge in [-0.2, -0.15) is 0 Å². The van der Waals surface area contributed by atoms with E-state index in [1.165, 1.54) is 0 Å². The molecule has 5 heteroatoms. The van der Waals surface area contributed by atoms with E-state index in [1.54, 1.807) is 7.11 Å². The van der Waals surface area contributed by atoms with Gasteiger partial charge in [-0.05, 0) is 58.9 Å². The average Bonchev–Trinajstić information content (AvgIpc) is 1.78. The summed E-state index contributed by atoms with van der Waals surface area (Å²) in [5.74, 6) is 0. The molecule has 0 unspecified atom stereocenters. The van der Waals surface area contributed by atoms with Crippen molar-refractivity contribution in [1.29, 1.82) is 0 Å². The first-order valence-corrected chi connectivity index (χ1v) is 15.7. The summed E-state index contributed by atoms with van der Waals surface area (Å²) in [6.45, 7) is 19.9. The smallest absolute Gasteiger partial charge is 0.183 e. The monoisotopic (exact) mass is 266 g/mol. The predicted molar refractivity (Wildman–Crippen MR) is 78.1 cm³/mol. The first-order valence-electron chi connectivity index (χ1n) is 5.52. The Balaban J connectivity index is 0. The standard InChI is InChI=1S/C6H18OSi2.C4H12OSi/c1-8(2,3)7-9(4,5)6;1-5-6(2,3)4/h1-6H3;1-4H3. The molecular formula is C10H30O2Si3. The maximum absolute atomic E-state index is 5.90. The molecule has 0 fully saturated rings. The summed E-state index contributed by atoms with van der Waals surface area (Å²) >= 11 is 0. The van der Waals surface area contributed by atoms with Crippen LogP contribution in [0.15, 0.2) is 0 Å². The fourth-order valence-electron chi connectivity index (χ4n) is 0.919. The quantitative estimate of drug-likeness (QED) is 0.715. The van der Waals surface area contributed by atoms with Crippen LogP contribution in [0.25, 0.3) is 0 Å². The molecule has 0 N–H and O–H groups in total. The topological polar surface area (TPSA) is 18.5 Å². The third-order valence-electron chi connectivity index (χ3n) is 1.22. The summed E-state index contributed by atoms with van der Waals surface area (Å²) in [5, 5.41) is 0. The average molecular weight is 267 g/mol. The van der Waals surface area contributed by atoms with Crippen molar-refractivity contribution in [2.24, 2.45) is 0 Å². The molecule has 0 radical (unpaired) electrons. The SMILES string of the molecule is CO[Si](C)(C)C.C[Si](C)(C)O[Si](C)(C)C. The summed E-state index contributed by atoms with van der Waals surface area (Å²) in [7, 11) is -1.82. The van der Waals surface area contributed by atoms with Gasteiger partial charge in [-0.1, -0.05) is 0 Å². The Morgan fingerprint density at radius 3 is 0.733 bits per heavy atom. The Labute approximate surface area is 99.8 Å². The predicted octanol–water partition coefficient (Wildman–Crippen LogP) is 4.14. The van der Waals surface area contributed by atoms with Gasteiger partial charge in [0, 0.05) is 7.11 Å². The van der Waals surface area contributed by atoms with Crippen LogP contribution in [0.1, 0.15) is 0 Å². The van der Waals surface area contributed by atoms with Gasteiger partial charge >= 0.3 is 0 Å². The summed E-state index contributed by atoms with van der Waals surface area (Å²) in [4.78, 5) is 0. The molecule has 0 bridgehead atoms. The first-order chi connectivity index (χ1) is 6.27. The van der Waals surface area contributed by atoms with Crippen LogP contribution in [0.2, 0.25) is 58.9 Å². The van der Waals surface area contributed by atoms with E-state index in [4.69, 9.17) is 8.54 Å². The van der Waals surface area contributed by atoms with Crippen LogP contribution < -0.4 is 0 Å². The molecule has 0 aromatic carbocycles. The van der Waals surface area contributed by atoms with Crippen LogP contribution >= 0.6 is 0 Å². The summed E-state index contributed by atoms with van der Waals surface area (Å²) in [5.41, 5.74) is 0. The Kier molecular flexibility index (Phi) is 7.59. The minimum absolute atomic E-state index is 1.13. The Hall–Kier alpha value is 0.571. The highest BCUT2D eigenvalue weighted by molar-refractivity contribution is 6.83. The molecule has 0 aliphatic heterocycles. The molecule has 0 aromatic rings. The Bertz CT molecular complexity index is 151. The van der Waals surface area contributed by atoms with E-state index in [0.29, 0.717) is 0 Å². The maximum Gasteiger partial charge on any atom is 0.183 e. The maximum atomic E-state index is 5.90. The van der Waals surface area contributed by atoms with E-state index in [-0.39, 0.29) is 0 Å².